The molecule has 0 unspecified atom stereocenters. The van der Waals surface area contributed by atoms with Crippen molar-refractivity contribution in [3.8, 4) is 0 Å². The Labute approximate surface area is 92.0 Å². The van der Waals surface area contributed by atoms with Crippen molar-refractivity contribution in [2.75, 3.05) is 13.1 Å². The molecule has 3 heterocycles. The fourth-order valence-corrected chi connectivity index (χ4v) is 4.52. The lowest BCUT2D eigenvalue weighted by atomic mass is 10.2. The number of hydrogen-bond donors (Lipinski definition) is 0. The number of amides is 1. The van der Waals surface area contributed by atoms with Gasteiger partial charge in [0.15, 0.2) is 0 Å². The topological polar surface area (TPSA) is 23.6 Å². The molecule has 0 aromatic carbocycles. The van der Waals surface area contributed by atoms with Gasteiger partial charge >= 0.3 is 0 Å². The van der Waals surface area contributed by atoms with Crippen LogP contribution in [0, 0.1) is 0 Å². The van der Waals surface area contributed by atoms with Gasteiger partial charge in [0, 0.05) is 19.3 Å². The normalized spacial score (nSPS) is 31.7. The van der Waals surface area contributed by atoms with Crippen LogP contribution in [0.5, 0.6) is 0 Å². The molecule has 0 aromatic heterocycles. The first-order chi connectivity index (χ1) is 6.83. The molecule has 0 radical (unpaired) electrons. The van der Waals surface area contributed by atoms with Gasteiger partial charge in [0.05, 0.1) is 16.0 Å². The number of hydrogen-bond acceptors (Lipinski definition) is 4. The van der Waals surface area contributed by atoms with Crippen LogP contribution in [-0.4, -0.2) is 33.6 Å². The van der Waals surface area contributed by atoms with Gasteiger partial charge in [-0.1, -0.05) is 11.8 Å². The highest BCUT2D eigenvalue weighted by atomic mass is 32.2. The quantitative estimate of drug-likeness (QED) is 0.531. The van der Waals surface area contributed by atoms with Crippen molar-refractivity contribution >= 4 is 29.6 Å². The average Bonchev–Trinajstić information content (AvgIpc) is 2.74. The molecule has 2 saturated heterocycles. The van der Waals surface area contributed by atoms with Crippen LogP contribution in [0.15, 0.2) is 10.4 Å². The van der Waals surface area contributed by atoms with Crippen molar-refractivity contribution in [2.24, 2.45) is 0 Å². The van der Waals surface area contributed by atoms with Gasteiger partial charge < -0.3 is 4.90 Å². The van der Waals surface area contributed by atoms with Crippen LogP contribution < -0.4 is 0 Å². The maximum absolute atomic E-state index is 11.1. The molecule has 0 bridgehead atoms. The van der Waals surface area contributed by atoms with Gasteiger partial charge in [-0.3, -0.25) is 4.79 Å². The lowest BCUT2D eigenvalue weighted by Gasteiger charge is -2.31. The summed E-state index contributed by atoms with van der Waals surface area (Å²) in [5, 5.41) is 0.424. The van der Waals surface area contributed by atoms with E-state index in [4.69, 9.17) is 0 Å². The molecule has 14 heavy (non-hydrogen) atoms. The van der Waals surface area contributed by atoms with E-state index in [0.717, 1.165) is 6.42 Å². The van der Waals surface area contributed by atoms with E-state index in [-0.39, 0.29) is 5.91 Å². The molecule has 0 saturated carbocycles. The molecule has 0 aromatic rings. The number of thioether (sulfide) groups is 1. The van der Waals surface area contributed by atoms with E-state index in [9.17, 15) is 4.79 Å². The van der Waals surface area contributed by atoms with Gasteiger partial charge in [-0.2, -0.15) is 0 Å². The molecule has 3 aliphatic heterocycles. The Morgan fingerprint density at radius 1 is 1.43 bits per heavy atom. The number of carbonyl (C=O) groups excluding carboxylic acids is 1. The Hall–Kier alpha value is -0.130. The standard InChI is InChI=1S/C9H12N2OS2/c12-7-5-8-11(7)6-9(13-8)14-10-3-1-2-4-10/h6,8H,1-5H2/t8-/m1/s1. The van der Waals surface area contributed by atoms with Crippen molar-refractivity contribution in [3.63, 3.8) is 0 Å². The molecule has 76 valence electrons. The molecule has 2 fully saturated rings. The van der Waals surface area contributed by atoms with Crippen molar-refractivity contribution < 1.29 is 4.79 Å². The first-order valence-electron chi connectivity index (χ1n) is 4.95. The average molecular weight is 228 g/mol. The summed E-state index contributed by atoms with van der Waals surface area (Å²) in [4.78, 5) is 13.0. The predicted octanol–water partition coefficient (Wildman–Crippen LogP) is 1.83. The summed E-state index contributed by atoms with van der Waals surface area (Å²) < 4.78 is 3.69. The zero-order chi connectivity index (χ0) is 9.54. The van der Waals surface area contributed by atoms with Gasteiger partial charge in [-0.05, 0) is 24.8 Å². The second kappa shape index (κ2) is 3.47. The van der Waals surface area contributed by atoms with Crippen LogP contribution >= 0.6 is 23.7 Å². The SMILES string of the molecule is O=C1C[C@H]2SC(SN3CCCC3)=CN12. The third kappa shape index (κ3) is 1.47. The minimum atomic E-state index is 0.277. The third-order valence-electron chi connectivity index (χ3n) is 2.73. The Bertz CT molecular complexity index is 299. The van der Waals surface area contributed by atoms with Crippen molar-refractivity contribution in [1.29, 1.82) is 0 Å². The second-order valence-corrected chi connectivity index (χ2v) is 6.37. The van der Waals surface area contributed by atoms with E-state index < -0.39 is 0 Å². The van der Waals surface area contributed by atoms with E-state index in [1.165, 1.54) is 30.2 Å². The first kappa shape index (κ1) is 9.12. The fourth-order valence-electron chi connectivity index (χ4n) is 1.88. The van der Waals surface area contributed by atoms with E-state index in [0.29, 0.717) is 5.37 Å². The molecule has 3 nitrogen and oxygen atoms in total. The summed E-state index contributed by atoms with van der Waals surface area (Å²) >= 11 is 3.67. The summed E-state index contributed by atoms with van der Waals surface area (Å²) in [7, 11) is 0. The summed E-state index contributed by atoms with van der Waals surface area (Å²) in [6.45, 7) is 2.39. The maximum Gasteiger partial charge on any atom is 0.230 e. The van der Waals surface area contributed by atoms with Crippen LogP contribution in [0.25, 0.3) is 0 Å². The highest BCUT2D eigenvalue weighted by molar-refractivity contribution is 8.21. The smallest absolute Gasteiger partial charge is 0.230 e. The molecule has 0 aliphatic carbocycles. The largest absolute Gasteiger partial charge is 0.304 e. The minimum absolute atomic E-state index is 0.277. The van der Waals surface area contributed by atoms with Gasteiger partial charge in [-0.15, -0.1) is 0 Å². The Morgan fingerprint density at radius 2 is 2.21 bits per heavy atom. The summed E-state index contributed by atoms with van der Waals surface area (Å²) in [6.07, 6.45) is 5.38. The molecular weight excluding hydrogens is 216 g/mol. The summed E-state index contributed by atoms with van der Waals surface area (Å²) in [6, 6.07) is 0. The van der Waals surface area contributed by atoms with E-state index in [1.54, 1.807) is 0 Å². The molecule has 5 heteroatoms. The maximum atomic E-state index is 11.1. The molecule has 0 spiro atoms. The molecule has 3 rings (SSSR count). The monoisotopic (exact) mass is 228 g/mol. The van der Waals surface area contributed by atoms with Crippen molar-refractivity contribution in [1.82, 2.24) is 9.21 Å². The van der Waals surface area contributed by atoms with E-state index in [1.807, 2.05) is 34.8 Å². The highest BCUT2D eigenvalue weighted by Gasteiger charge is 2.41. The predicted molar refractivity (Wildman–Crippen MR) is 59.3 cm³/mol. The summed E-state index contributed by atoms with van der Waals surface area (Å²) in [5.74, 6) is 0.277. The lowest BCUT2D eigenvalue weighted by molar-refractivity contribution is -0.137. The minimum Gasteiger partial charge on any atom is -0.304 e. The number of carbonyl (C=O) groups is 1. The number of β-lactam (4-membered cyclic amide) rings is 1. The molecular formula is C9H12N2OS2. The summed E-state index contributed by atoms with van der Waals surface area (Å²) in [5.41, 5.74) is 0. The van der Waals surface area contributed by atoms with Crippen LogP contribution in [0.4, 0.5) is 0 Å². The highest BCUT2D eigenvalue weighted by Crippen LogP contribution is 2.47. The molecule has 1 amide bonds. The van der Waals surface area contributed by atoms with Crippen LogP contribution in [0.1, 0.15) is 19.3 Å². The molecule has 0 N–H and O–H groups in total. The fraction of sp³-hybridized carbons (Fsp3) is 0.667. The van der Waals surface area contributed by atoms with Crippen LogP contribution in [0.2, 0.25) is 0 Å². The van der Waals surface area contributed by atoms with Gasteiger partial charge in [0.2, 0.25) is 5.91 Å². The van der Waals surface area contributed by atoms with Crippen molar-refractivity contribution in [2.45, 2.75) is 24.6 Å². The Morgan fingerprint density at radius 3 is 2.86 bits per heavy atom. The Balaban J connectivity index is 1.61. The van der Waals surface area contributed by atoms with Crippen LogP contribution in [-0.2, 0) is 4.79 Å². The zero-order valence-corrected chi connectivity index (χ0v) is 9.44. The third-order valence-corrected chi connectivity index (χ3v) is 5.15. The number of rotatable bonds is 2. The second-order valence-electron chi connectivity index (χ2n) is 3.75. The molecule has 3 aliphatic rings. The van der Waals surface area contributed by atoms with Gasteiger partial charge in [0.1, 0.15) is 0 Å². The first-order valence-corrected chi connectivity index (χ1v) is 6.61. The molecule has 1 atom stereocenters. The van der Waals surface area contributed by atoms with Gasteiger partial charge in [0.25, 0.3) is 0 Å². The lowest BCUT2D eigenvalue weighted by Crippen LogP contribution is -2.44. The van der Waals surface area contributed by atoms with E-state index >= 15 is 0 Å². The number of nitrogens with zero attached hydrogens (tertiary/aromatic N) is 2. The van der Waals surface area contributed by atoms with Gasteiger partial charge in [-0.25, -0.2) is 4.31 Å². The zero-order valence-electron chi connectivity index (χ0n) is 7.81. The number of fused-ring (bicyclic) bond motifs is 1. The van der Waals surface area contributed by atoms with Crippen LogP contribution in [0.3, 0.4) is 0 Å². The van der Waals surface area contributed by atoms with E-state index in [2.05, 4.69) is 4.31 Å². The van der Waals surface area contributed by atoms with Crippen molar-refractivity contribution in [3.05, 3.63) is 10.4 Å². The Kier molecular flexibility index (Phi) is 2.26.